The Bertz CT molecular complexity index is 295. The molecule has 17 heavy (non-hydrogen) atoms. The van der Waals surface area contributed by atoms with Crippen molar-refractivity contribution in [1.82, 2.24) is 0 Å². The summed E-state index contributed by atoms with van der Waals surface area (Å²) in [5.41, 5.74) is 1.99. The van der Waals surface area contributed by atoms with E-state index in [0.717, 1.165) is 37.2 Å². The first-order valence-electron chi connectivity index (χ1n) is 6.23. The van der Waals surface area contributed by atoms with Crippen LogP contribution in [0.3, 0.4) is 0 Å². The first-order valence-corrected chi connectivity index (χ1v) is 6.23. The molecule has 0 aromatic heterocycles. The largest absolute Gasteiger partial charge is 0.508 e. The molecule has 3 heteroatoms. The van der Waals surface area contributed by atoms with E-state index in [1.807, 2.05) is 6.07 Å². The van der Waals surface area contributed by atoms with Crippen molar-refractivity contribution in [2.24, 2.45) is 0 Å². The lowest BCUT2D eigenvalue weighted by atomic mass is 10.1. The average Bonchev–Trinajstić information content (AvgIpc) is 2.29. The van der Waals surface area contributed by atoms with Gasteiger partial charge in [0, 0.05) is 13.2 Å². The maximum absolute atomic E-state index is 9.60. The van der Waals surface area contributed by atoms with Crippen LogP contribution in [0.5, 0.6) is 5.75 Å². The zero-order valence-corrected chi connectivity index (χ0v) is 10.7. The van der Waals surface area contributed by atoms with Gasteiger partial charge in [-0.15, -0.1) is 0 Å². The van der Waals surface area contributed by atoms with Gasteiger partial charge in [0.05, 0.1) is 13.2 Å². The van der Waals surface area contributed by atoms with Crippen LogP contribution in [-0.4, -0.2) is 18.3 Å². The van der Waals surface area contributed by atoms with Gasteiger partial charge in [-0.1, -0.05) is 19.9 Å². The van der Waals surface area contributed by atoms with Crippen molar-refractivity contribution in [2.45, 2.75) is 39.9 Å². The van der Waals surface area contributed by atoms with E-state index in [-0.39, 0.29) is 5.75 Å². The highest BCUT2D eigenvalue weighted by atomic mass is 16.5. The molecular weight excluding hydrogens is 216 g/mol. The molecule has 96 valence electrons. The van der Waals surface area contributed by atoms with E-state index in [0.29, 0.717) is 13.2 Å². The summed E-state index contributed by atoms with van der Waals surface area (Å²) < 4.78 is 10.9. The second-order valence-corrected chi connectivity index (χ2v) is 4.11. The molecule has 0 aliphatic rings. The van der Waals surface area contributed by atoms with E-state index in [1.165, 1.54) is 0 Å². The lowest BCUT2D eigenvalue weighted by molar-refractivity contribution is 0.117. The quantitative estimate of drug-likeness (QED) is 0.707. The maximum Gasteiger partial charge on any atom is 0.116 e. The van der Waals surface area contributed by atoms with E-state index in [1.54, 1.807) is 12.1 Å². The minimum atomic E-state index is 0.276. The molecular formula is C14H22O3. The third-order valence-electron chi connectivity index (χ3n) is 2.27. The number of benzene rings is 1. The van der Waals surface area contributed by atoms with E-state index < -0.39 is 0 Å². The van der Waals surface area contributed by atoms with Gasteiger partial charge in [0.25, 0.3) is 0 Å². The Labute approximate surface area is 103 Å². The standard InChI is InChI=1S/C14H22O3/c1-3-5-16-10-12-7-13(9-14(15)8-12)11-17-6-4-2/h7-9,15H,3-6,10-11H2,1-2H3. The molecule has 0 saturated heterocycles. The number of aromatic hydroxyl groups is 1. The third kappa shape index (κ3) is 5.71. The summed E-state index contributed by atoms with van der Waals surface area (Å²) in [7, 11) is 0. The van der Waals surface area contributed by atoms with Crippen molar-refractivity contribution in [3.63, 3.8) is 0 Å². The van der Waals surface area contributed by atoms with Crippen LogP contribution in [0.1, 0.15) is 37.8 Å². The van der Waals surface area contributed by atoms with Gasteiger partial charge in [-0.3, -0.25) is 0 Å². The second-order valence-electron chi connectivity index (χ2n) is 4.11. The van der Waals surface area contributed by atoms with Gasteiger partial charge >= 0.3 is 0 Å². The van der Waals surface area contributed by atoms with Crippen LogP contribution >= 0.6 is 0 Å². The van der Waals surface area contributed by atoms with Crippen molar-refractivity contribution < 1.29 is 14.6 Å². The smallest absolute Gasteiger partial charge is 0.116 e. The van der Waals surface area contributed by atoms with Crippen molar-refractivity contribution >= 4 is 0 Å². The Morgan fingerprint density at radius 2 is 1.35 bits per heavy atom. The highest BCUT2D eigenvalue weighted by Gasteiger charge is 2.01. The predicted molar refractivity (Wildman–Crippen MR) is 68.0 cm³/mol. The molecule has 1 aromatic carbocycles. The molecule has 1 N–H and O–H groups in total. The summed E-state index contributed by atoms with van der Waals surface area (Å²) in [5, 5.41) is 9.60. The molecule has 0 unspecified atom stereocenters. The number of hydrogen-bond donors (Lipinski definition) is 1. The Morgan fingerprint density at radius 3 is 1.76 bits per heavy atom. The van der Waals surface area contributed by atoms with Crippen LogP contribution in [0.2, 0.25) is 0 Å². The Kier molecular flexibility index (Phi) is 6.67. The number of phenols is 1. The number of rotatable bonds is 8. The van der Waals surface area contributed by atoms with Gasteiger partial charge in [-0.2, -0.15) is 0 Å². The van der Waals surface area contributed by atoms with Gasteiger partial charge in [-0.25, -0.2) is 0 Å². The topological polar surface area (TPSA) is 38.7 Å². The van der Waals surface area contributed by atoms with Gasteiger partial charge < -0.3 is 14.6 Å². The van der Waals surface area contributed by atoms with E-state index in [2.05, 4.69) is 13.8 Å². The number of phenolic OH excluding ortho intramolecular Hbond substituents is 1. The molecule has 0 spiro atoms. The highest BCUT2D eigenvalue weighted by Crippen LogP contribution is 2.17. The minimum Gasteiger partial charge on any atom is -0.508 e. The van der Waals surface area contributed by atoms with E-state index in [4.69, 9.17) is 9.47 Å². The average molecular weight is 238 g/mol. The molecule has 0 amide bonds. The second kappa shape index (κ2) is 8.09. The van der Waals surface area contributed by atoms with Crippen LogP contribution < -0.4 is 0 Å². The summed E-state index contributed by atoms with van der Waals surface area (Å²) in [6, 6.07) is 5.49. The molecule has 0 atom stereocenters. The van der Waals surface area contributed by atoms with E-state index >= 15 is 0 Å². The van der Waals surface area contributed by atoms with E-state index in [9.17, 15) is 5.11 Å². The first kappa shape index (κ1) is 14.0. The van der Waals surface area contributed by atoms with Crippen molar-refractivity contribution in [1.29, 1.82) is 0 Å². The van der Waals surface area contributed by atoms with Crippen molar-refractivity contribution in [2.75, 3.05) is 13.2 Å². The molecule has 1 rings (SSSR count). The summed E-state index contributed by atoms with van der Waals surface area (Å²) in [5.74, 6) is 0.276. The van der Waals surface area contributed by atoms with Crippen LogP contribution in [0.25, 0.3) is 0 Å². The molecule has 0 aliphatic heterocycles. The normalized spacial score (nSPS) is 10.7. The van der Waals surface area contributed by atoms with Crippen molar-refractivity contribution in [3.8, 4) is 5.75 Å². The summed E-state index contributed by atoms with van der Waals surface area (Å²) in [4.78, 5) is 0. The molecule has 1 aromatic rings. The molecule has 0 fully saturated rings. The van der Waals surface area contributed by atoms with Crippen molar-refractivity contribution in [3.05, 3.63) is 29.3 Å². The molecule has 0 bridgehead atoms. The molecule has 3 nitrogen and oxygen atoms in total. The fraction of sp³-hybridized carbons (Fsp3) is 0.571. The SMILES string of the molecule is CCCOCc1cc(O)cc(COCCC)c1. The summed E-state index contributed by atoms with van der Waals surface area (Å²) in [6.45, 7) is 6.74. The van der Waals surface area contributed by atoms with Gasteiger partial charge in [0.15, 0.2) is 0 Å². The first-order chi connectivity index (χ1) is 8.26. The number of ether oxygens (including phenoxy) is 2. The fourth-order valence-corrected chi connectivity index (χ4v) is 1.58. The Hall–Kier alpha value is -1.06. The highest BCUT2D eigenvalue weighted by molar-refractivity contribution is 5.32. The van der Waals surface area contributed by atoms with Crippen LogP contribution in [0, 0.1) is 0 Å². The summed E-state index contributed by atoms with van der Waals surface area (Å²) >= 11 is 0. The molecule has 0 aliphatic carbocycles. The zero-order chi connectivity index (χ0) is 12.5. The van der Waals surface area contributed by atoms with Crippen LogP contribution in [0.4, 0.5) is 0 Å². The molecule has 0 heterocycles. The molecule has 0 saturated carbocycles. The third-order valence-corrected chi connectivity index (χ3v) is 2.27. The molecule has 0 radical (unpaired) electrons. The maximum atomic E-state index is 9.60. The van der Waals surface area contributed by atoms with Crippen LogP contribution in [0.15, 0.2) is 18.2 Å². The van der Waals surface area contributed by atoms with Gasteiger partial charge in [-0.05, 0) is 36.1 Å². The Morgan fingerprint density at radius 1 is 0.882 bits per heavy atom. The summed E-state index contributed by atoms with van der Waals surface area (Å²) in [6.07, 6.45) is 2.01. The van der Waals surface area contributed by atoms with Crippen LogP contribution in [-0.2, 0) is 22.7 Å². The minimum absolute atomic E-state index is 0.276. The lowest BCUT2D eigenvalue weighted by Crippen LogP contribution is -1.98. The van der Waals surface area contributed by atoms with Gasteiger partial charge in [0.2, 0.25) is 0 Å². The van der Waals surface area contributed by atoms with Gasteiger partial charge in [0.1, 0.15) is 5.75 Å². The monoisotopic (exact) mass is 238 g/mol. The lowest BCUT2D eigenvalue weighted by Gasteiger charge is -2.08. The Balaban J connectivity index is 2.53. The number of hydrogen-bond acceptors (Lipinski definition) is 3. The predicted octanol–water partition coefficient (Wildman–Crippen LogP) is 3.25. The fourth-order valence-electron chi connectivity index (χ4n) is 1.58. The zero-order valence-electron chi connectivity index (χ0n) is 10.7.